The molecule has 20 heavy (non-hydrogen) atoms. The molecule has 0 bridgehead atoms. The number of hydrogen-bond acceptors (Lipinski definition) is 6. The Morgan fingerprint density at radius 1 is 1.35 bits per heavy atom. The largest absolute Gasteiger partial charge is 0.432 e. The fourth-order valence-electron chi connectivity index (χ4n) is 1.64. The third-order valence-corrected chi connectivity index (χ3v) is 2.83. The SMILES string of the molecule is Cc1ccc(Cl)c(Oc2nc(N)nc(C)c2[N+](=O)[O-])c1. The van der Waals surface area contributed by atoms with Crippen LogP contribution in [0.25, 0.3) is 0 Å². The molecule has 0 atom stereocenters. The van der Waals surface area contributed by atoms with Gasteiger partial charge in [-0.1, -0.05) is 17.7 Å². The topological polar surface area (TPSA) is 104 Å². The Balaban J connectivity index is 2.53. The normalized spacial score (nSPS) is 10.3. The van der Waals surface area contributed by atoms with E-state index in [9.17, 15) is 10.1 Å². The summed E-state index contributed by atoms with van der Waals surface area (Å²) in [6.45, 7) is 3.30. The molecule has 0 unspecified atom stereocenters. The Labute approximate surface area is 119 Å². The lowest BCUT2D eigenvalue weighted by molar-refractivity contribution is -0.386. The molecule has 2 aromatic rings. The number of anilines is 1. The highest BCUT2D eigenvalue weighted by molar-refractivity contribution is 6.32. The maximum Gasteiger partial charge on any atom is 0.352 e. The van der Waals surface area contributed by atoms with Gasteiger partial charge in [-0.3, -0.25) is 10.1 Å². The summed E-state index contributed by atoms with van der Waals surface area (Å²) in [4.78, 5) is 18.0. The summed E-state index contributed by atoms with van der Waals surface area (Å²) >= 11 is 5.99. The van der Waals surface area contributed by atoms with Gasteiger partial charge in [0, 0.05) is 0 Å². The van der Waals surface area contributed by atoms with E-state index in [1.54, 1.807) is 18.2 Å². The molecule has 7 nitrogen and oxygen atoms in total. The number of nitrogens with two attached hydrogens (primary N) is 1. The smallest absolute Gasteiger partial charge is 0.352 e. The summed E-state index contributed by atoms with van der Waals surface area (Å²) in [7, 11) is 0. The molecule has 0 spiro atoms. The number of halogens is 1. The molecule has 2 N–H and O–H groups in total. The van der Waals surface area contributed by atoms with Crippen molar-refractivity contribution in [2.45, 2.75) is 13.8 Å². The zero-order valence-electron chi connectivity index (χ0n) is 10.8. The lowest BCUT2D eigenvalue weighted by Crippen LogP contribution is -2.05. The number of nitrogens with zero attached hydrogens (tertiary/aromatic N) is 3. The van der Waals surface area contributed by atoms with Crippen LogP contribution in [-0.4, -0.2) is 14.9 Å². The first kappa shape index (κ1) is 14.0. The summed E-state index contributed by atoms with van der Waals surface area (Å²) in [6, 6.07) is 5.08. The molecule has 0 amide bonds. The predicted molar refractivity (Wildman–Crippen MR) is 74.1 cm³/mol. The molecule has 0 aliphatic rings. The quantitative estimate of drug-likeness (QED) is 0.689. The van der Waals surface area contributed by atoms with E-state index in [1.807, 2.05) is 6.92 Å². The number of hydrogen-bond donors (Lipinski definition) is 1. The molecule has 0 saturated heterocycles. The van der Waals surface area contributed by atoms with Crippen molar-refractivity contribution < 1.29 is 9.66 Å². The maximum atomic E-state index is 11.1. The number of ether oxygens (including phenoxy) is 1. The Kier molecular flexibility index (Phi) is 3.71. The minimum atomic E-state index is -0.617. The standard InChI is InChI=1S/C12H11ClN4O3/c1-6-3-4-8(13)9(5-6)20-11-10(17(18)19)7(2)15-12(14)16-11/h3-5H,1-2H3,(H2,14,15,16). The van der Waals surface area contributed by atoms with Gasteiger partial charge in [0.1, 0.15) is 11.4 Å². The molecule has 0 saturated carbocycles. The average Bonchev–Trinajstić information content (AvgIpc) is 2.32. The van der Waals surface area contributed by atoms with Gasteiger partial charge in [-0.15, -0.1) is 0 Å². The van der Waals surface area contributed by atoms with E-state index in [-0.39, 0.29) is 29.0 Å². The van der Waals surface area contributed by atoms with Gasteiger partial charge in [0.25, 0.3) is 0 Å². The highest BCUT2D eigenvalue weighted by Gasteiger charge is 2.24. The van der Waals surface area contributed by atoms with E-state index in [0.29, 0.717) is 5.02 Å². The van der Waals surface area contributed by atoms with E-state index in [4.69, 9.17) is 22.1 Å². The summed E-state index contributed by atoms with van der Waals surface area (Å²) in [6.07, 6.45) is 0. The zero-order valence-corrected chi connectivity index (χ0v) is 11.5. The Morgan fingerprint density at radius 3 is 2.70 bits per heavy atom. The fraction of sp³-hybridized carbons (Fsp3) is 0.167. The minimum Gasteiger partial charge on any atom is -0.432 e. The average molecular weight is 295 g/mol. The molecular formula is C12H11ClN4O3. The van der Waals surface area contributed by atoms with Crippen molar-refractivity contribution in [3.63, 3.8) is 0 Å². The maximum absolute atomic E-state index is 11.1. The van der Waals surface area contributed by atoms with Crippen LogP contribution in [0.15, 0.2) is 18.2 Å². The number of rotatable bonds is 3. The number of nitro groups is 1. The second kappa shape index (κ2) is 5.30. The van der Waals surface area contributed by atoms with Crippen LogP contribution in [0.1, 0.15) is 11.3 Å². The summed E-state index contributed by atoms with van der Waals surface area (Å²) in [5.41, 5.74) is 6.18. The molecule has 0 aliphatic heterocycles. The Morgan fingerprint density at radius 2 is 2.05 bits per heavy atom. The fourth-order valence-corrected chi connectivity index (χ4v) is 1.79. The van der Waals surface area contributed by atoms with Gasteiger partial charge in [0.2, 0.25) is 5.95 Å². The van der Waals surface area contributed by atoms with Crippen molar-refractivity contribution in [3.05, 3.63) is 44.6 Å². The van der Waals surface area contributed by atoms with E-state index < -0.39 is 4.92 Å². The second-order valence-corrected chi connectivity index (χ2v) is 4.52. The summed E-state index contributed by atoms with van der Waals surface area (Å²) < 4.78 is 5.44. The van der Waals surface area contributed by atoms with Crippen molar-refractivity contribution in [1.82, 2.24) is 9.97 Å². The molecule has 2 rings (SSSR count). The van der Waals surface area contributed by atoms with Crippen molar-refractivity contribution in [3.8, 4) is 11.6 Å². The molecule has 8 heteroatoms. The number of aromatic nitrogens is 2. The van der Waals surface area contributed by atoms with Crippen molar-refractivity contribution in [2.24, 2.45) is 0 Å². The minimum absolute atomic E-state index is 0.105. The Hall–Kier alpha value is -2.41. The van der Waals surface area contributed by atoms with Gasteiger partial charge in [-0.2, -0.15) is 4.98 Å². The lowest BCUT2D eigenvalue weighted by atomic mass is 10.2. The zero-order chi connectivity index (χ0) is 14.9. The first-order chi connectivity index (χ1) is 9.38. The molecule has 1 aromatic carbocycles. The number of benzene rings is 1. The van der Waals surface area contributed by atoms with Crippen LogP contribution in [0, 0.1) is 24.0 Å². The van der Waals surface area contributed by atoms with Crippen molar-refractivity contribution >= 4 is 23.2 Å². The first-order valence-corrected chi connectivity index (χ1v) is 5.99. The lowest BCUT2D eigenvalue weighted by Gasteiger charge is -2.09. The van der Waals surface area contributed by atoms with E-state index >= 15 is 0 Å². The highest BCUT2D eigenvalue weighted by atomic mass is 35.5. The van der Waals surface area contributed by atoms with Crippen LogP contribution in [0.3, 0.4) is 0 Å². The van der Waals surface area contributed by atoms with E-state index in [1.165, 1.54) is 6.92 Å². The van der Waals surface area contributed by atoms with Gasteiger partial charge in [0.05, 0.1) is 9.95 Å². The van der Waals surface area contributed by atoms with E-state index in [0.717, 1.165) is 5.56 Å². The summed E-state index contributed by atoms with van der Waals surface area (Å²) in [5, 5.41) is 11.4. The first-order valence-electron chi connectivity index (χ1n) is 5.61. The molecule has 0 aliphatic carbocycles. The monoisotopic (exact) mass is 294 g/mol. The van der Waals surface area contributed by atoms with Crippen LogP contribution in [0.4, 0.5) is 11.6 Å². The number of nitrogen functional groups attached to an aromatic ring is 1. The third kappa shape index (κ3) is 2.77. The molecular weight excluding hydrogens is 284 g/mol. The van der Waals surface area contributed by atoms with Crippen LogP contribution in [0.2, 0.25) is 5.02 Å². The second-order valence-electron chi connectivity index (χ2n) is 4.11. The van der Waals surface area contributed by atoms with Crippen molar-refractivity contribution in [2.75, 3.05) is 5.73 Å². The van der Waals surface area contributed by atoms with E-state index in [2.05, 4.69) is 9.97 Å². The molecule has 1 heterocycles. The van der Waals surface area contributed by atoms with Gasteiger partial charge >= 0.3 is 11.6 Å². The predicted octanol–water partition coefficient (Wildman–Crippen LogP) is 3.03. The van der Waals surface area contributed by atoms with Gasteiger partial charge in [-0.05, 0) is 31.5 Å². The third-order valence-electron chi connectivity index (χ3n) is 2.52. The number of aryl methyl sites for hydroxylation is 2. The van der Waals surface area contributed by atoms with Gasteiger partial charge < -0.3 is 10.5 Å². The molecule has 0 radical (unpaired) electrons. The highest BCUT2D eigenvalue weighted by Crippen LogP contribution is 2.35. The van der Waals surface area contributed by atoms with Crippen molar-refractivity contribution in [1.29, 1.82) is 0 Å². The van der Waals surface area contributed by atoms with Crippen LogP contribution < -0.4 is 10.5 Å². The molecule has 1 aromatic heterocycles. The van der Waals surface area contributed by atoms with Gasteiger partial charge in [0.15, 0.2) is 0 Å². The van der Waals surface area contributed by atoms with Gasteiger partial charge in [-0.25, -0.2) is 4.98 Å². The van der Waals surface area contributed by atoms with Crippen LogP contribution in [-0.2, 0) is 0 Å². The Bertz CT molecular complexity index is 691. The molecule has 0 fully saturated rings. The summed E-state index contributed by atoms with van der Waals surface area (Å²) in [5.74, 6) is -0.0633. The van der Waals surface area contributed by atoms with Crippen LogP contribution in [0.5, 0.6) is 11.6 Å². The molecule has 104 valence electrons. The van der Waals surface area contributed by atoms with Crippen LogP contribution >= 0.6 is 11.6 Å².